The Labute approximate surface area is 161 Å². The summed E-state index contributed by atoms with van der Waals surface area (Å²) in [4.78, 5) is 24.3. The van der Waals surface area contributed by atoms with Gasteiger partial charge in [0.05, 0.1) is 24.5 Å². The van der Waals surface area contributed by atoms with Crippen LogP contribution in [0.3, 0.4) is 0 Å². The fourth-order valence-corrected chi connectivity index (χ4v) is 2.71. The molecule has 0 fully saturated rings. The van der Waals surface area contributed by atoms with E-state index < -0.39 is 0 Å². The van der Waals surface area contributed by atoms with E-state index in [1.807, 2.05) is 10.7 Å². The second-order valence-electron chi connectivity index (χ2n) is 5.89. The zero-order valence-corrected chi connectivity index (χ0v) is 15.3. The first-order valence-electron chi connectivity index (χ1n) is 8.41. The minimum atomic E-state index is -0.0928. The number of rotatable bonds is 6. The highest BCUT2D eigenvalue weighted by atomic mass is 35.5. The zero-order chi connectivity index (χ0) is 17.8. The quantitative estimate of drug-likeness (QED) is 0.623. The molecule has 27 heavy (non-hydrogen) atoms. The van der Waals surface area contributed by atoms with Crippen LogP contribution in [-0.4, -0.2) is 42.3 Å². The largest absolute Gasteiger partial charge is 0.347 e. The summed E-state index contributed by atoms with van der Waals surface area (Å²) in [5.41, 5.74) is 2.09. The van der Waals surface area contributed by atoms with Gasteiger partial charge in [0.25, 0.3) is 0 Å². The minimum absolute atomic E-state index is 0. The lowest BCUT2D eigenvalue weighted by molar-refractivity contribution is -0.121. The van der Waals surface area contributed by atoms with E-state index in [-0.39, 0.29) is 24.9 Å². The van der Waals surface area contributed by atoms with E-state index in [1.165, 1.54) is 0 Å². The summed E-state index contributed by atoms with van der Waals surface area (Å²) >= 11 is 0. The van der Waals surface area contributed by atoms with Crippen molar-refractivity contribution in [1.29, 1.82) is 0 Å². The topological polar surface area (TPSA) is 124 Å². The number of aromatic nitrogens is 6. The smallest absolute Gasteiger partial charge is 0.246 e. The molecule has 4 rings (SSSR count). The lowest BCUT2D eigenvalue weighted by atomic mass is 10.2. The molecular formula is C16H19ClN8O2. The molecule has 0 spiro atoms. The molecule has 0 atom stereocenters. The van der Waals surface area contributed by atoms with E-state index in [0.29, 0.717) is 30.4 Å². The Balaban J connectivity index is 0.00000210. The number of nitrogens with zero attached hydrogens (tertiary/aromatic N) is 6. The number of hydrogen-bond acceptors (Lipinski definition) is 8. The summed E-state index contributed by atoms with van der Waals surface area (Å²) in [6.07, 6.45) is 4.15. The monoisotopic (exact) mass is 390 g/mol. The average Bonchev–Trinajstić information content (AvgIpc) is 3.32. The van der Waals surface area contributed by atoms with Crippen LogP contribution < -0.4 is 10.6 Å². The molecule has 3 aromatic rings. The SMILES string of the molecule is Cl.O=C(CCc1cc2n(n1)CCNC2)NCc1nc(-c2ncccn2)no1. The van der Waals surface area contributed by atoms with Crippen molar-refractivity contribution >= 4 is 18.3 Å². The lowest BCUT2D eigenvalue weighted by Crippen LogP contribution is -2.28. The molecule has 0 radical (unpaired) electrons. The highest BCUT2D eigenvalue weighted by Crippen LogP contribution is 2.10. The van der Waals surface area contributed by atoms with E-state index >= 15 is 0 Å². The predicted molar refractivity (Wildman–Crippen MR) is 96.7 cm³/mol. The van der Waals surface area contributed by atoms with Crippen molar-refractivity contribution in [3.05, 3.63) is 41.8 Å². The molecule has 10 nitrogen and oxygen atoms in total. The third-order valence-corrected chi connectivity index (χ3v) is 4.00. The van der Waals surface area contributed by atoms with Crippen LogP contribution in [0.25, 0.3) is 11.6 Å². The van der Waals surface area contributed by atoms with Crippen molar-refractivity contribution in [2.75, 3.05) is 6.54 Å². The van der Waals surface area contributed by atoms with Gasteiger partial charge in [0.1, 0.15) is 0 Å². The number of fused-ring (bicyclic) bond motifs is 1. The molecule has 1 aliphatic rings. The number of halogens is 1. The van der Waals surface area contributed by atoms with Gasteiger partial charge in [0.15, 0.2) is 0 Å². The van der Waals surface area contributed by atoms with Crippen LogP contribution in [-0.2, 0) is 30.8 Å². The average molecular weight is 391 g/mol. The third kappa shape index (κ3) is 4.66. The lowest BCUT2D eigenvalue weighted by Gasteiger charge is -2.13. The molecule has 0 aliphatic carbocycles. The molecule has 0 saturated heterocycles. The van der Waals surface area contributed by atoms with Gasteiger partial charge in [-0.2, -0.15) is 10.1 Å². The maximum Gasteiger partial charge on any atom is 0.246 e. The Kier molecular flexibility index (Phi) is 6.09. The van der Waals surface area contributed by atoms with Gasteiger partial charge in [-0.3, -0.25) is 9.48 Å². The molecule has 3 aromatic heterocycles. The van der Waals surface area contributed by atoms with E-state index in [0.717, 1.165) is 31.0 Å². The first-order chi connectivity index (χ1) is 12.8. The van der Waals surface area contributed by atoms with Gasteiger partial charge in [-0.15, -0.1) is 12.4 Å². The summed E-state index contributed by atoms with van der Waals surface area (Å²) in [5.74, 6) is 0.897. The molecular weight excluding hydrogens is 372 g/mol. The molecule has 0 unspecified atom stereocenters. The first-order valence-corrected chi connectivity index (χ1v) is 8.41. The molecule has 11 heteroatoms. The van der Waals surface area contributed by atoms with Gasteiger partial charge < -0.3 is 15.2 Å². The Morgan fingerprint density at radius 3 is 2.96 bits per heavy atom. The Hall–Kier alpha value is -2.85. The maximum atomic E-state index is 12.0. The summed E-state index contributed by atoms with van der Waals surface area (Å²) < 4.78 is 7.10. The molecule has 0 saturated carbocycles. The summed E-state index contributed by atoms with van der Waals surface area (Å²) in [6.45, 7) is 2.78. The van der Waals surface area contributed by atoms with Gasteiger partial charge in [-0.05, 0) is 12.1 Å². The van der Waals surface area contributed by atoms with E-state index in [2.05, 4.69) is 35.8 Å². The maximum absolute atomic E-state index is 12.0. The van der Waals surface area contributed by atoms with Crippen molar-refractivity contribution in [2.45, 2.75) is 32.5 Å². The fourth-order valence-electron chi connectivity index (χ4n) is 2.71. The van der Waals surface area contributed by atoms with Crippen molar-refractivity contribution in [3.63, 3.8) is 0 Å². The molecule has 0 bridgehead atoms. The molecule has 1 amide bonds. The molecule has 4 heterocycles. The number of hydrogen-bond donors (Lipinski definition) is 2. The third-order valence-electron chi connectivity index (χ3n) is 4.00. The van der Waals surface area contributed by atoms with Gasteiger partial charge in [-0.25, -0.2) is 9.97 Å². The van der Waals surface area contributed by atoms with Gasteiger partial charge >= 0.3 is 0 Å². The molecule has 142 valence electrons. The molecule has 1 aliphatic heterocycles. The second-order valence-corrected chi connectivity index (χ2v) is 5.89. The van der Waals surface area contributed by atoms with Crippen LogP contribution >= 0.6 is 12.4 Å². The van der Waals surface area contributed by atoms with Gasteiger partial charge in [0, 0.05) is 38.3 Å². The van der Waals surface area contributed by atoms with E-state index in [1.54, 1.807) is 18.5 Å². The van der Waals surface area contributed by atoms with Crippen LogP contribution in [0.1, 0.15) is 23.7 Å². The number of aryl methyl sites for hydroxylation is 1. The van der Waals surface area contributed by atoms with Crippen LogP contribution in [0.4, 0.5) is 0 Å². The molecule has 0 aromatic carbocycles. The number of nitrogens with one attached hydrogen (secondary N) is 2. The Morgan fingerprint density at radius 1 is 1.30 bits per heavy atom. The van der Waals surface area contributed by atoms with Crippen LogP contribution in [0.15, 0.2) is 29.0 Å². The van der Waals surface area contributed by atoms with Gasteiger partial charge in [0.2, 0.25) is 23.4 Å². The van der Waals surface area contributed by atoms with Crippen molar-refractivity contribution in [3.8, 4) is 11.6 Å². The fraction of sp³-hybridized carbons (Fsp3) is 0.375. The van der Waals surface area contributed by atoms with Crippen LogP contribution in [0.2, 0.25) is 0 Å². The zero-order valence-electron chi connectivity index (χ0n) is 14.5. The van der Waals surface area contributed by atoms with Crippen LogP contribution in [0, 0.1) is 0 Å². The van der Waals surface area contributed by atoms with Gasteiger partial charge in [-0.1, -0.05) is 5.16 Å². The minimum Gasteiger partial charge on any atom is -0.347 e. The standard InChI is InChI=1S/C16H18N8O2.ClH/c25-13(3-2-11-8-12-9-17-6-7-24(12)22-11)20-10-14-21-16(23-26-14)15-18-4-1-5-19-15;/h1,4-5,8,17H,2-3,6-7,9-10H2,(H,20,25);1H. The summed E-state index contributed by atoms with van der Waals surface area (Å²) in [5, 5.41) is 14.4. The highest BCUT2D eigenvalue weighted by Gasteiger charge is 2.14. The van der Waals surface area contributed by atoms with Crippen molar-refractivity contribution in [1.82, 2.24) is 40.5 Å². The number of carbonyl (C=O) groups is 1. The Bertz CT molecular complexity index is 871. The van der Waals surface area contributed by atoms with E-state index in [4.69, 9.17) is 4.52 Å². The normalized spacial score (nSPS) is 12.9. The predicted octanol–water partition coefficient (Wildman–Crippen LogP) is 0.497. The number of carbonyl (C=O) groups excluding carboxylic acids is 1. The van der Waals surface area contributed by atoms with E-state index in [9.17, 15) is 4.79 Å². The number of amides is 1. The highest BCUT2D eigenvalue weighted by molar-refractivity contribution is 5.85. The Morgan fingerprint density at radius 2 is 2.15 bits per heavy atom. The van der Waals surface area contributed by atoms with Crippen LogP contribution in [0.5, 0.6) is 0 Å². The second kappa shape index (κ2) is 8.69. The van der Waals surface area contributed by atoms with Crippen molar-refractivity contribution in [2.24, 2.45) is 0 Å². The summed E-state index contributed by atoms with van der Waals surface area (Å²) in [7, 11) is 0. The molecule has 2 N–H and O–H groups in total. The first kappa shape index (κ1) is 18.9. The summed E-state index contributed by atoms with van der Waals surface area (Å²) in [6, 6.07) is 3.75. The van der Waals surface area contributed by atoms with Crippen molar-refractivity contribution < 1.29 is 9.32 Å².